The SMILES string of the molecule is CN(C)C(=O)C(CN)Cc1ccnc2ccccc12. The number of para-hydroxylation sites is 1. The van der Waals surface area contributed by atoms with Crippen LogP contribution in [0.2, 0.25) is 0 Å². The van der Waals surface area contributed by atoms with Crippen LogP contribution in [0.25, 0.3) is 10.9 Å². The maximum atomic E-state index is 12.0. The Labute approximate surface area is 113 Å². The Morgan fingerprint density at radius 1 is 1.32 bits per heavy atom. The van der Waals surface area contributed by atoms with Crippen molar-refractivity contribution in [1.82, 2.24) is 9.88 Å². The fraction of sp³-hybridized carbons (Fsp3) is 0.333. The highest BCUT2D eigenvalue weighted by Gasteiger charge is 2.19. The summed E-state index contributed by atoms with van der Waals surface area (Å²) in [7, 11) is 3.52. The van der Waals surface area contributed by atoms with Gasteiger partial charge in [0.1, 0.15) is 0 Å². The quantitative estimate of drug-likeness (QED) is 0.901. The second kappa shape index (κ2) is 5.80. The number of pyridine rings is 1. The molecule has 0 fully saturated rings. The molecule has 1 aromatic carbocycles. The number of fused-ring (bicyclic) bond motifs is 1. The molecule has 100 valence electrons. The zero-order valence-corrected chi connectivity index (χ0v) is 11.3. The van der Waals surface area contributed by atoms with E-state index >= 15 is 0 Å². The lowest BCUT2D eigenvalue weighted by Crippen LogP contribution is -2.35. The Morgan fingerprint density at radius 3 is 2.74 bits per heavy atom. The van der Waals surface area contributed by atoms with Gasteiger partial charge in [-0.3, -0.25) is 9.78 Å². The fourth-order valence-corrected chi connectivity index (χ4v) is 2.24. The Bertz CT molecular complexity index is 575. The molecule has 4 heteroatoms. The molecule has 0 saturated heterocycles. The van der Waals surface area contributed by atoms with Gasteiger partial charge in [0, 0.05) is 32.2 Å². The van der Waals surface area contributed by atoms with Gasteiger partial charge >= 0.3 is 0 Å². The highest BCUT2D eigenvalue weighted by molar-refractivity contribution is 5.84. The van der Waals surface area contributed by atoms with Crippen molar-refractivity contribution < 1.29 is 4.79 Å². The molecule has 2 aromatic rings. The van der Waals surface area contributed by atoms with Crippen molar-refractivity contribution in [2.45, 2.75) is 6.42 Å². The molecule has 1 atom stereocenters. The zero-order chi connectivity index (χ0) is 13.8. The molecular weight excluding hydrogens is 238 g/mol. The molecule has 0 spiro atoms. The number of aromatic nitrogens is 1. The van der Waals surface area contributed by atoms with E-state index in [2.05, 4.69) is 4.98 Å². The van der Waals surface area contributed by atoms with Gasteiger partial charge in [0.15, 0.2) is 0 Å². The minimum atomic E-state index is -0.180. The molecule has 4 nitrogen and oxygen atoms in total. The number of nitrogens with zero attached hydrogens (tertiary/aromatic N) is 2. The number of carbonyl (C=O) groups excluding carboxylic acids is 1. The highest BCUT2D eigenvalue weighted by Crippen LogP contribution is 2.19. The molecule has 1 amide bonds. The Kier molecular flexibility index (Phi) is 4.12. The molecule has 0 aliphatic heterocycles. The predicted octanol–water partition coefficient (Wildman–Crippen LogP) is 1.44. The summed E-state index contributed by atoms with van der Waals surface area (Å²) in [6, 6.07) is 9.92. The average molecular weight is 257 g/mol. The van der Waals surface area contributed by atoms with Gasteiger partial charge in [0.2, 0.25) is 5.91 Å². The van der Waals surface area contributed by atoms with Crippen molar-refractivity contribution in [2.75, 3.05) is 20.6 Å². The van der Waals surface area contributed by atoms with Crippen LogP contribution in [0, 0.1) is 5.92 Å². The zero-order valence-electron chi connectivity index (χ0n) is 11.3. The molecule has 0 aliphatic rings. The molecule has 0 bridgehead atoms. The monoisotopic (exact) mass is 257 g/mol. The summed E-state index contributed by atoms with van der Waals surface area (Å²) in [4.78, 5) is 18.0. The van der Waals surface area contributed by atoms with Crippen molar-refractivity contribution in [2.24, 2.45) is 11.7 Å². The summed E-state index contributed by atoms with van der Waals surface area (Å²) in [5, 5.41) is 1.09. The van der Waals surface area contributed by atoms with E-state index in [-0.39, 0.29) is 11.8 Å². The molecule has 1 heterocycles. The molecule has 2 N–H and O–H groups in total. The van der Waals surface area contributed by atoms with E-state index in [4.69, 9.17) is 5.73 Å². The van der Waals surface area contributed by atoms with Gasteiger partial charge in [0.25, 0.3) is 0 Å². The summed E-state index contributed by atoms with van der Waals surface area (Å²) in [6.45, 7) is 0.355. The van der Waals surface area contributed by atoms with Gasteiger partial charge in [-0.2, -0.15) is 0 Å². The third-order valence-corrected chi connectivity index (χ3v) is 3.28. The van der Waals surface area contributed by atoms with E-state index < -0.39 is 0 Å². The maximum Gasteiger partial charge on any atom is 0.226 e. The van der Waals surface area contributed by atoms with Gasteiger partial charge in [-0.05, 0) is 24.1 Å². The first kappa shape index (κ1) is 13.5. The van der Waals surface area contributed by atoms with Gasteiger partial charge in [0.05, 0.1) is 11.4 Å². The molecular formula is C15H19N3O. The van der Waals surface area contributed by atoms with Crippen LogP contribution in [0.3, 0.4) is 0 Å². The van der Waals surface area contributed by atoms with E-state index in [0.717, 1.165) is 16.5 Å². The van der Waals surface area contributed by atoms with Crippen LogP contribution in [0.1, 0.15) is 5.56 Å². The predicted molar refractivity (Wildman–Crippen MR) is 76.7 cm³/mol. The molecule has 19 heavy (non-hydrogen) atoms. The van der Waals surface area contributed by atoms with Gasteiger partial charge in [-0.1, -0.05) is 18.2 Å². The number of amides is 1. The first-order valence-corrected chi connectivity index (χ1v) is 6.37. The van der Waals surface area contributed by atoms with Gasteiger partial charge < -0.3 is 10.6 Å². The molecule has 1 aromatic heterocycles. The van der Waals surface area contributed by atoms with Crippen LogP contribution in [0.4, 0.5) is 0 Å². The highest BCUT2D eigenvalue weighted by atomic mass is 16.2. The summed E-state index contributed by atoms with van der Waals surface area (Å²) >= 11 is 0. The van der Waals surface area contributed by atoms with Crippen molar-refractivity contribution >= 4 is 16.8 Å². The van der Waals surface area contributed by atoms with Crippen molar-refractivity contribution in [3.8, 4) is 0 Å². The third-order valence-electron chi connectivity index (χ3n) is 3.28. The van der Waals surface area contributed by atoms with E-state index in [1.54, 1.807) is 25.2 Å². The lowest BCUT2D eigenvalue weighted by Gasteiger charge is -2.19. The van der Waals surface area contributed by atoms with Crippen LogP contribution >= 0.6 is 0 Å². The van der Waals surface area contributed by atoms with Gasteiger partial charge in [-0.25, -0.2) is 0 Å². The average Bonchev–Trinajstić information content (AvgIpc) is 2.44. The number of rotatable bonds is 4. The van der Waals surface area contributed by atoms with E-state index in [1.165, 1.54) is 0 Å². The minimum Gasteiger partial charge on any atom is -0.349 e. The van der Waals surface area contributed by atoms with E-state index in [0.29, 0.717) is 13.0 Å². The Morgan fingerprint density at radius 2 is 2.05 bits per heavy atom. The molecule has 2 rings (SSSR count). The molecule has 0 radical (unpaired) electrons. The smallest absolute Gasteiger partial charge is 0.226 e. The lowest BCUT2D eigenvalue weighted by atomic mass is 9.96. The molecule has 0 aliphatic carbocycles. The largest absolute Gasteiger partial charge is 0.349 e. The second-order valence-electron chi connectivity index (χ2n) is 4.86. The van der Waals surface area contributed by atoms with Crippen LogP contribution in [0.5, 0.6) is 0 Å². The van der Waals surface area contributed by atoms with Crippen molar-refractivity contribution in [3.05, 3.63) is 42.1 Å². The molecule has 1 unspecified atom stereocenters. The second-order valence-corrected chi connectivity index (χ2v) is 4.86. The van der Waals surface area contributed by atoms with Crippen LogP contribution < -0.4 is 5.73 Å². The van der Waals surface area contributed by atoms with E-state index in [9.17, 15) is 4.79 Å². The summed E-state index contributed by atoms with van der Waals surface area (Å²) in [5.41, 5.74) is 7.81. The number of benzene rings is 1. The standard InChI is InChI=1S/C15H19N3O/c1-18(2)15(19)12(10-16)9-11-7-8-17-14-6-4-3-5-13(11)14/h3-8,12H,9-10,16H2,1-2H3. The topological polar surface area (TPSA) is 59.2 Å². The third kappa shape index (κ3) is 2.90. The summed E-state index contributed by atoms with van der Waals surface area (Å²) in [6.07, 6.45) is 2.43. The summed E-state index contributed by atoms with van der Waals surface area (Å²) in [5.74, 6) is -0.107. The van der Waals surface area contributed by atoms with Crippen molar-refractivity contribution in [3.63, 3.8) is 0 Å². The Hall–Kier alpha value is -1.94. The summed E-state index contributed by atoms with van der Waals surface area (Å²) < 4.78 is 0. The first-order valence-electron chi connectivity index (χ1n) is 6.37. The lowest BCUT2D eigenvalue weighted by molar-refractivity contribution is -0.132. The van der Waals surface area contributed by atoms with Crippen LogP contribution in [-0.4, -0.2) is 36.4 Å². The fourth-order valence-electron chi connectivity index (χ4n) is 2.24. The normalized spacial score (nSPS) is 12.4. The minimum absolute atomic E-state index is 0.0726. The number of carbonyl (C=O) groups is 1. The van der Waals surface area contributed by atoms with Crippen LogP contribution in [-0.2, 0) is 11.2 Å². The Balaban J connectivity index is 2.32. The maximum absolute atomic E-state index is 12.0. The van der Waals surface area contributed by atoms with E-state index in [1.807, 2.05) is 30.3 Å². The van der Waals surface area contributed by atoms with Gasteiger partial charge in [-0.15, -0.1) is 0 Å². The first-order chi connectivity index (χ1) is 9.13. The van der Waals surface area contributed by atoms with Crippen LogP contribution in [0.15, 0.2) is 36.5 Å². The number of hydrogen-bond acceptors (Lipinski definition) is 3. The van der Waals surface area contributed by atoms with Crippen molar-refractivity contribution in [1.29, 1.82) is 0 Å². The molecule has 0 saturated carbocycles. The number of nitrogens with two attached hydrogens (primary N) is 1. The number of hydrogen-bond donors (Lipinski definition) is 1.